The van der Waals surface area contributed by atoms with Crippen LogP contribution in [0, 0.1) is 34.9 Å². The largest absolute Gasteiger partial charge is 0.494 e. The maximum absolute atomic E-state index is 15.0. The Morgan fingerprint density at radius 2 is 1.80 bits per heavy atom. The molecule has 2 aliphatic heterocycles. The average Bonchev–Trinajstić information content (AvgIpc) is 4.04. The molecule has 3 fully saturated rings. The van der Waals surface area contributed by atoms with Gasteiger partial charge in [0.1, 0.15) is 17.7 Å². The van der Waals surface area contributed by atoms with Gasteiger partial charge in [-0.2, -0.15) is 13.2 Å². The molecule has 0 radical (unpaired) electrons. The molecule has 3 heterocycles. The first-order chi connectivity index (χ1) is 28.0. The molecule has 330 valence electrons. The zero-order valence-electron chi connectivity index (χ0n) is 34.6. The van der Waals surface area contributed by atoms with E-state index in [1.807, 2.05) is 19.1 Å². The third kappa shape index (κ3) is 9.28. The van der Waals surface area contributed by atoms with Crippen molar-refractivity contribution in [1.82, 2.24) is 14.6 Å². The SMILES string of the molecule is COC[C@@H]1C[C@H](C)CC/C=C\[C@@H]2C[C@@]2(C(=O)NS(=O)(=O)C2(C)CC2)CC(=O)[C@@H]2C[C@@H](Oc3ncc(OC)c4ccc(F)cc34)CN2C(=O)[C@H]1CC(=O)OC(C)(C)C(F)(F)F. The number of alkyl halides is 3. The van der Waals surface area contributed by atoms with Crippen LogP contribution in [-0.4, -0.2) is 97.9 Å². The van der Waals surface area contributed by atoms with Gasteiger partial charge in [-0.25, -0.2) is 17.8 Å². The van der Waals surface area contributed by atoms with Crippen molar-refractivity contribution < 1.29 is 64.1 Å². The van der Waals surface area contributed by atoms with Crippen LogP contribution in [-0.2, 0) is 38.7 Å². The molecular formula is C42H53F4N3O10S. The van der Waals surface area contributed by atoms with E-state index in [-0.39, 0.29) is 43.2 Å². The second-order valence-corrected chi connectivity index (χ2v) is 19.8. The van der Waals surface area contributed by atoms with E-state index in [2.05, 4.69) is 9.71 Å². The number of allylic oxidation sites excluding steroid dienone is 2. The number of nitrogens with one attached hydrogen (secondary N) is 1. The highest BCUT2D eigenvalue weighted by atomic mass is 32.2. The quantitative estimate of drug-likeness (QED) is 0.155. The summed E-state index contributed by atoms with van der Waals surface area (Å²) in [7, 11) is -1.25. The Morgan fingerprint density at radius 3 is 2.45 bits per heavy atom. The van der Waals surface area contributed by atoms with Crippen LogP contribution in [0.15, 0.2) is 36.5 Å². The van der Waals surface area contributed by atoms with Crippen molar-refractivity contribution in [2.45, 2.75) is 114 Å². The van der Waals surface area contributed by atoms with Crippen molar-refractivity contribution >= 4 is 44.4 Å². The van der Waals surface area contributed by atoms with Crippen molar-refractivity contribution in [3.63, 3.8) is 0 Å². The second-order valence-electron chi connectivity index (χ2n) is 17.7. The first kappa shape index (κ1) is 45.2. The minimum absolute atomic E-state index is 0.0273. The number of methoxy groups -OCH3 is 2. The molecule has 2 aromatic rings. The number of pyridine rings is 1. The summed E-state index contributed by atoms with van der Waals surface area (Å²) in [4.78, 5) is 62.7. The van der Waals surface area contributed by atoms with Gasteiger partial charge in [-0.05, 0) is 95.2 Å². The summed E-state index contributed by atoms with van der Waals surface area (Å²) in [6, 6.07) is 2.63. The van der Waals surface area contributed by atoms with Crippen LogP contribution >= 0.6 is 0 Å². The minimum atomic E-state index is -4.92. The van der Waals surface area contributed by atoms with E-state index < -0.39 is 104 Å². The fourth-order valence-electron chi connectivity index (χ4n) is 8.43. The summed E-state index contributed by atoms with van der Waals surface area (Å²) < 4.78 is 106. The molecule has 1 aromatic heterocycles. The van der Waals surface area contributed by atoms with Crippen LogP contribution in [0.4, 0.5) is 17.6 Å². The molecule has 13 nitrogen and oxygen atoms in total. The normalized spacial score (nSPS) is 29.1. The second kappa shape index (κ2) is 16.9. The number of benzene rings is 1. The Morgan fingerprint density at radius 1 is 1.08 bits per heavy atom. The predicted octanol–water partition coefficient (Wildman–Crippen LogP) is 6.22. The Labute approximate surface area is 346 Å². The molecule has 7 atom stereocenters. The molecule has 2 amide bonds. The van der Waals surface area contributed by atoms with Crippen molar-refractivity contribution in [2.24, 2.45) is 29.1 Å². The van der Waals surface area contributed by atoms with Gasteiger partial charge < -0.3 is 23.8 Å². The third-order valence-electron chi connectivity index (χ3n) is 12.7. The van der Waals surface area contributed by atoms with E-state index in [1.54, 1.807) is 0 Å². The number of sulfonamides is 1. The number of ether oxygens (including phenoxy) is 4. The fraction of sp³-hybridized carbons (Fsp3) is 0.643. The molecule has 1 saturated heterocycles. The molecule has 2 saturated carbocycles. The molecule has 1 aromatic carbocycles. The lowest BCUT2D eigenvalue weighted by Crippen LogP contribution is -2.49. The number of ketones is 1. The summed E-state index contributed by atoms with van der Waals surface area (Å²) in [5.74, 6) is -6.30. The van der Waals surface area contributed by atoms with Crippen LogP contribution in [0.25, 0.3) is 10.8 Å². The Hall–Kier alpha value is -4.32. The van der Waals surface area contributed by atoms with E-state index >= 15 is 4.79 Å². The third-order valence-corrected chi connectivity index (χ3v) is 14.9. The number of hydrogen-bond donors (Lipinski definition) is 1. The van der Waals surface area contributed by atoms with Crippen molar-refractivity contribution in [1.29, 1.82) is 0 Å². The molecular weight excluding hydrogens is 815 g/mol. The summed E-state index contributed by atoms with van der Waals surface area (Å²) in [6.07, 6.45) is 0.214. The van der Waals surface area contributed by atoms with E-state index in [9.17, 15) is 40.4 Å². The van der Waals surface area contributed by atoms with Gasteiger partial charge in [0.2, 0.25) is 33.3 Å². The predicted molar refractivity (Wildman–Crippen MR) is 210 cm³/mol. The highest BCUT2D eigenvalue weighted by Gasteiger charge is 2.63. The number of amides is 2. The van der Waals surface area contributed by atoms with Crippen LogP contribution in [0.5, 0.6) is 11.6 Å². The number of carbonyl (C=O) groups excluding carboxylic acids is 4. The number of carbonyl (C=O) groups is 4. The number of esters is 1. The van der Waals surface area contributed by atoms with E-state index in [4.69, 9.17) is 18.9 Å². The molecule has 0 spiro atoms. The molecule has 4 aliphatic rings. The van der Waals surface area contributed by atoms with Gasteiger partial charge >= 0.3 is 12.1 Å². The highest BCUT2D eigenvalue weighted by molar-refractivity contribution is 7.91. The lowest BCUT2D eigenvalue weighted by atomic mass is 9.81. The fourth-order valence-corrected chi connectivity index (χ4v) is 9.77. The minimum Gasteiger partial charge on any atom is -0.494 e. The molecule has 6 rings (SSSR count). The maximum Gasteiger partial charge on any atom is 0.427 e. The average molecular weight is 868 g/mol. The number of hydrogen-bond acceptors (Lipinski definition) is 11. The van der Waals surface area contributed by atoms with Gasteiger partial charge in [0, 0.05) is 31.9 Å². The standard InChI is InChI=1S/C42H53F4N3O10S/c1-24-9-7-8-10-26-19-41(26,38(53)48-60(54,55)40(4)13-14-40)20-33(50)32-17-28(58-36-31-16-27(43)11-12-29(31)34(57-6)21-47-36)22-49(32)37(52)30(25(15-24)23-56-5)18-35(51)59-39(2,3)42(44,45)46/h8,10-12,16,21,24-26,28,30,32H,7,9,13-15,17-20,22-23H2,1-6H3,(H,48,53)/b10-8-/t24-,25+,26-,28-,30+,32+,41-/m1/s1. The van der Waals surface area contributed by atoms with Crippen molar-refractivity contribution in [3.05, 3.63) is 42.4 Å². The summed E-state index contributed by atoms with van der Waals surface area (Å²) in [5.41, 5.74) is -4.32. The number of nitrogens with zero attached hydrogens (tertiary/aromatic N) is 2. The lowest BCUT2D eigenvalue weighted by Gasteiger charge is -2.34. The summed E-state index contributed by atoms with van der Waals surface area (Å²) in [5, 5.41) is 0.712. The Bertz CT molecular complexity index is 2140. The van der Waals surface area contributed by atoms with Gasteiger partial charge in [0.05, 0.1) is 53.8 Å². The van der Waals surface area contributed by atoms with E-state index in [1.165, 1.54) is 50.4 Å². The van der Waals surface area contributed by atoms with Crippen LogP contribution in [0.1, 0.15) is 85.5 Å². The van der Waals surface area contributed by atoms with Gasteiger partial charge in [-0.15, -0.1) is 0 Å². The highest BCUT2D eigenvalue weighted by Crippen LogP contribution is 2.58. The van der Waals surface area contributed by atoms with Gasteiger partial charge in [-0.1, -0.05) is 19.1 Å². The molecule has 2 aliphatic carbocycles. The molecule has 0 unspecified atom stereocenters. The van der Waals surface area contributed by atoms with Gasteiger partial charge in [-0.3, -0.25) is 23.9 Å². The zero-order chi connectivity index (χ0) is 44.0. The van der Waals surface area contributed by atoms with Crippen LogP contribution in [0.2, 0.25) is 0 Å². The number of aromatic nitrogens is 1. The topological polar surface area (TPSA) is 167 Å². The number of rotatable bonds is 11. The zero-order valence-corrected chi connectivity index (χ0v) is 35.4. The Kier molecular flexibility index (Phi) is 12.7. The van der Waals surface area contributed by atoms with Crippen molar-refractivity contribution in [2.75, 3.05) is 27.4 Å². The van der Waals surface area contributed by atoms with Crippen molar-refractivity contribution in [3.8, 4) is 11.6 Å². The maximum atomic E-state index is 15.0. The summed E-state index contributed by atoms with van der Waals surface area (Å²) in [6.45, 7) is 4.57. The number of fused-ring (bicyclic) bond motifs is 3. The van der Waals surface area contributed by atoms with Gasteiger partial charge in [0.15, 0.2) is 5.78 Å². The monoisotopic (exact) mass is 867 g/mol. The first-order valence-electron chi connectivity index (χ1n) is 20.2. The van der Waals surface area contributed by atoms with Gasteiger partial charge in [0.25, 0.3) is 0 Å². The smallest absolute Gasteiger partial charge is 0.427 e. The number of Topliss-reactive ketones (excluding diaryl/α,β-unsaturated/α-hetero) is 1. The summed E-state index contributed by atoms with van der Waals surface area (Å²) >= 11 is 0. The van der Waals surface area contributed by atoms with E-state index in [0.29, 0.717) is 57.1 Å². The van der Waals surface area contributed by atoms with Crippen LogP contribution < -0.4 is 14.2 Å². The van der Waals surface area contributed by atoms with E-state index in [0.717, 1.165) is 0 Å². The molecule has 0 bridgehead atoms. The van der Waals surface area contributed by atoms with Crippen LogP contribution in [0.3, 0.4) is 0 Å². The molecule has 1 N–H and O–H groups in total. The Balaban J connectivity index is 1.39. The number of halogens is 4. The molecule has 60 heavy (non-hydrogen) atoms. The first-order valence-corrected chi connectivity index (χ1v) is 21.7. The lowest BCUT2D eigenvalue weighted by molar-refractivity contribution is -0.257. The molecule has 18 heteroatoms.